The molecule has 1 unspecified atom stereocenters. The molecule has 3 amide bonds. The van der Waals surface area contributed by atoms with Crippen LogP contribution in [-0.2, 0) is 30.6 Å². The van der Waals surface area contributed by atoms with Gasteiger partial charge in [0.2, 0.25) is 11.8 Å². The molecule has 0 bridgehead atoms. The number of nitrogens with one attached hydrogen (secondary N) is 3. The molecule has 9 nitrogen and oxygen atoms in total. The maximum absolute atomic E-state index is 12.8. The Balaban J connectivity index is 1.74. The summed E-state index contributed by atoms with van der Waals surface area (Å²) in [5.74, 6) is -1.31. The van der Waals surface area contributed by atoms with Crippen molar-refractivity contribution in [3.63, 3.8) is 0 Å². The van der Waals surface area contributed by atoms with Gasteiger partial charge in [0.25, 0.3) is 5.91 Å². The van der Waals surface area contributed by atoms with Gasteiger partial charge >= 0.3 is 0 Å². The molecule has 0 heterocycles. The number of aliphatic hydroxyl groups excluding tert-OH is 1. The second-order valence-electron chi connectivity index (χ2n) is 10.3. The highest BCUT2D eigenvalue weighted by molar-refractivity contribution is 6.03. The number of benzene rings is 1. The Kier molecular flexibility index (Phi) is 12.8. The van der Waals surface area contributed by atoms with Gasteiger partial charge in [0.1, 0.15) is 11.7 Å². The Hall–Kier alpha value is -3.59. The Morgan fingerprint density at radius 2 is 1.77 bits per heavy atom. The zero-order valence-electron chi connectivity index (χ0n) is 23.4. The summed E-state index contributed by atoms with van der Waals surface area (Å²) in [7, 11) is 0. The van der Waals surface area contributed by atoms with Crippen molar-refractivity contribution >= 4 is 35.0 Å². The van der Waals surface area contributed by atoms with Gasteiger partial charge in [-0.2, -0.15) is 0 Å². The summed E-state index contributed by atoms with van der Waals surface area (Å²) in [6, 6.07) is 4.31. The van der Waals surface area contributed by atoms with Crippen LogP contribution in [0, 0.1) is 12.8 Å². The third kappa shape index (κ3) is 10.6. The van der Waals surface area contributed by atoms with Crippen LogP contribution >= 0.6 is 0 Å². The summed E-state index contributed by atoms with van der Waals surface area (Å²) >= 11 is 0. The van der Waals surface area contributed by atoms with Crippen molar-refractivity contribution in [1.29, 1.82) is 0 Å². The van der Waals surface area contributed by atoms with Crippen LogP contribution in [0.5, 0.6) is 0 Å². The topological polar surface area (TPSA) is 142 Å². The van der Waals surface area contributed by atoms with Crippen molar-refractivity contribution in [2.24, 2.45) is 5.92 Å². The first-order chi connectivity index (χ1) is 18.5. The van der Waals surface area contributed by atoms with Gasteiger partial charge in [0.15, 0.2) is 11.6 Å². The highest BCUT2D eigenvalue weighted by atomic mass is 16.3. The molecule has 0 fully saturated rings. The molecule has 2 atom stereocenters. The molecular weight excluding hydrogens is 498 g/mol. The third-order valence-electron chi connectivity index (χ3n) is 6.79. The molecule has 0 aliphatic heterocycles. The smallest absolute Gasteiger partial charge is 0.268 e. The van der Waals surface area contributed by atoms with E-state index < -0.39 is 17.9 Å². The molecular formula is C30H41N3O6. The van der Waals surface area contributed by atoms with Crippen LogP contribution in [0.15, 0.2) is 41.6 Å². The third-order valence-corrected chi connectivity index (χ3v) is 6.79. The monoisotopic (exact) mass is 539 g/mol. The van der Waals surface area contributed by atoms with Crippen LogP contribution in [0.3, 0.4) is 0 Å². The number of hydrogen-bond acceptors (Lipinski definition) is 6. The Morgan fingerprint density at radius 1 is 1.05 bits per heavy atom. The largest absolute Gasteiger partial charge is 0.392 e. The highest BCUT2D eigenvalue weighted by Gasteiger charge is 2.21. The first-order valence-electron chi connectivity index (χ1n) is 13.6. The van der Waals surface area contributed by atoms with E-state index in [4.69, 9.17) is 0 Å². The van der Waals surface area contributed by atoms with Gasteiger partial charge in [-0.05, 0) is 87.9 Å². The maximum atomic E-state index is 12.8. The summed E-state index contributed by atoms with van der Waals surface area (Å²) in [5.41, 5.74) is 2.90. The zero-order chi connectivity index (χ0) is 28.9. The summed E-state index contributed by atoms with van der Waals surface area (Å²) in [6.45, 7) is 6.72. The fraction of sp³-hybridized carbons (Fsp3) is 0.500. The first-order valence-corrected chi connectivity index (χ1v) is 13.6. The fourth-order valence-electron chi connectivity index (χ4n) is 4.32. The molecule has 2 rings (SSSR count). The van der Waals surface area contributed by atoms with E-state index in [0.717, 1.165) is 36.8 Å². The standard InChI is InChI=1S/C30H41N3O6/c1-19(2)28(30(39)31-21(4)29(38)32-24-13-11-23(18-34)20(3)17-24)33-27(37)10-8-6-5-7-9-22-12-14-25(35)15-16-26(22)36/h11,13,15-17,21-22,34H,5-10,12,14,18H2,1-4H3,(H,31,39)(H,32,38)(H,33,37)/t21-,22?/m0/s1. The number of aryl methyl sites for hydroxylation is 1. The summed E-state index contributed by atoms with van der Waals surface area (Å²) < 4.78 is 0. The number of carbonyl (C=O) groups excluding carboxylic acids is 5. The van der Waals surface area contributed by atoms with E-state index in [1.807, 2.05) is 6.92 Å². The summed E-state index contributed by atoms with van der Waals surface area (Å²) in [5, 5.41) is 17.4. The van der Waals surface area contributed by atoms with E-state index in [0.29, 0.717) is 30.5 Å². The van der Waals surface area contributed by atoms with E-state index in [1.165, 1.54) is 12.2 Å². The predicted molar refractivity (Wildman–Crippen MR) is 149 cm³/mol. The Morgan fingerprint density at radius 3 is 2.44 bits per heavy atom. The van der Waals surface area contributed by atoms with Gasteiger partial charge in [-0.25, -0.2) is 0 Å². The number of carbonyl (C=O) groups is 5. The van der Waals surface area contributed by atoms with Crippen LogP contribution in [0.1, 0.15) is 83.3 Å². The maximum Gasteiger partial charge on any atom is 0.268 e. The van der Waals surface area contributed by atoms with Crippen LogP contribution in [0.4, 0.5) is 5.69 Å². The minimum Gasteiger partial charge on any atom is -0.392 e. The summed E-state index contributed by atoms with van der Waals surface area (Å²) in [6.07, 6.45) is 7.96. The quantitative estimate of drug-likeness (QED) is 0.222. The number of allylic oxidation sites excluding steroid dienone is 3. The minimum atomic E-state index is -0.851. The Labute approximate surface area is 230 Å². The van der Waals surface area contributed by atoms with E-state index in [-0.39, 0.29) is 42.1 Å². The molecule has 1 aromatic rings. The minimum absolute atomic E-state index is 0.000724. The van der Waals surface area contributed by atoms with Crippen molar-refractivity contribution in [1.82, 2.24) is 10.6 Å². The molecule has 1 aliphatic rings. The lowest BCUT2D eigenvalue weighted by molar-refractivity contribution is -0.126. The molecule has 39 heavy (non-hydrogen) atoms. The second-order valence-corrected chi connectivity index (χ2v) is 10.3. The second kappa shape index (κ2) is 15.7. The van der Waals surface area contributed by atoms with Gasteiger partial charge in [0, 0.05) is 24.4 Å². The van der Waals surface area contributed by atoms with Gasteiger partial charge in [0.05, 0.1) is 6.61 Å². The van der Waals surface area contributed by atoms with Crippen molar-refractivity contribution in [3.05, 3.63) is 52.7 Å². The molecule has 0 radical (unpaired) electrons. The van der Waals surface area contributed by atoms with Crippen molar-refractivity contribution in [2.45, 2.75) is 91.7 Å². The van der Waals surface area contributed by atoms with Crippen LogP contribution in [0.25, 0.3) is 0 Å². The zero-order valence-corrected chi connectivity index (χ0v) is 23.4. The van der Waals surface area contributed by atoms with E-state index >= 15 is 0 Å². The van der Waals surface area contributed by atoms with E-state index in [9.17, 15) is 29.1 Å². The molecule has 1 aromatic carbocycles. The lowest BCUT2D eigenvalue weighted by Gasteiger charge is -2.17. The van der Waals surface area contributed by atoms with Crippen molar-refractivity contribution in [3.8, 4) is 0 Å². The SMILES string of the molecule is CC(C)=C(NC(=O)CCCCCCC1CCC(=O)C=CC1=O)C(=O)N[C@@H](C)C(=O)Nc1ccc(CO)c(C)c1. The molecule has 0 saturated heterocycles. The first kappa shape index (κ1) is 31.6. The van der Waals surface area contributed by atoms with Crippen LogP contribution < -0.4 is 16.0 Å². The molecule has 4 N–H and O–H groups in total. The number of unbranched alkanes of at least 4 members (excludes halogenated alkanes) is 3. The molecule has 212 valence electrons. The predicted octanol–water partition coefficient (Wildman–Crippen LogP) is 3.79. The van der Waals surface area contributed by atoms with Gasteiger partial charge in [-0.1, -0.05) is 25.3 Å². The highest BCUT2D eigenvalue weighted by Crippen LogP contribution is 2.21. The number of amides is 3. The number of hydrogen-bond donors (Lipinski definition) is 4. The van der Waals surface area contributed by atoms with Crippen molar-refractivity contribution in [2.75, 3.05) is 5.32 Å². The molecule has 1 aliphatic carbocycles. The van der Waals surface area contributed by atoms with Gasteiger partial charge < -0.3 is 21.1 Å². The van der Waals surface area contributed by atoms with E-state index in [2.05, 4.69) is 16.0 Å². The molecule has 0 spiro atoms. The number of ketones is 2. The van der Waals surface area contributed by atoms with Crippen LogP contribution in [-0.4, -0.2) is 40.4 Å². The molecule has 9 heteroatoms. The number of aliphatic hydroxyl groups is 1. The average Bonchev–Trinajstić information content (AvgIpc) is 3.04. The lowest BCUT2D eigenvalue weighted by Crippen LogP contribution is -2.45. The van der Waals surface area contributed by atoms with Gasteiger partial charge in [-0.3, -0.25) is 24.0 Å². The molecule has 0 aromatic heterocycles. The lowest BCUT2D eigenvalue weighted by atomic mass is 9.93. The average molecular weight is 540 g/mol. The number of anilines is 1. The molecule has 0 saturated carbocycles. The van der Waals surface area contributed by atoms with Crippen LogP contribution in [0.2, 0.25) is 0 Å². The van der Waals surface area contributed by atoms with E-state index in [1.54, 1.807) is 39.0 Å². The number of rotatable bonds is 13. The van der Waals surface area contributed by atoms with Gasteiger partial charge in [-0.15, -0.1) is 0 Å². The van der Waals surface area contributed by atoms with Crippen molar-refractivity contribution < 1.29 is 29.1 Å². The summed E-state index contributed by atoms with van der Waals surface area (Å²) in [4.78, 5) is 61.4. The fourth-order valence-corrected chi connectivity index (χ4v) is 4.32. The Bertz CT molecular complexity index is 1130. The normalized spacial score (nSPS) is 15.8.